The van der Waals surface area contributed by atoms with Crippen LogP contribution < -0.4 is 0 Å². The Labute approximate surface area is 83.9 Å². The second-order valence-electron chi connectivity index (χ2n) is 2.61. The highest BCUT2D eigenvalue weighted by Crippen LogP contribution is 2.19. The predicted octanol–water partition coefficient (Wildman–Crippen LogP) is 1.63. The van der Waals surface area contributed by atoms with Gasteiger partial charge in [-0.1, -0.05) is 6.08 Å². The van der Waals surface area contributed by atoms with Crippen molar-refractivity contribution in [2.45, 2.75) is 13.0 Å². The van der Waals surface area contributed by atoms with Gasteiger partial charge in [-0.15, -0.1) is 0 Å². The highest BCUT2D eigenvalue weighted by Gasteiger charge is 2.12. The zero-order valence-electron chi connectivity index (χ0n) is 6.29. The first-order valence-electron chi connectivity index (χ1n) is 3.60. The molecule has 0 amide bonds. The van der Waals surface area contributed by atoms with Crippen LogP contribution in [0.15, 0.2) is 15.9 Å². The molecule has 1 aromatic heterocycles. The summed E-state index contributed by atoms with van der Waals surface area (Å²) in [4.78, 5) is 4.15. The van der Waals surface area contributed by atoms with E-state index in [0.29, 0.717) is 5.69 Å². The van der Waals surface area contributed by atoms with Crippen molar-refractivity contribution < 1.29 is 0 Å². The molecule has 0 radical (unpaired) electrons. The number of nitriles is 1. The summed E-state index contributed by atoms with van der Waals surface area (Å²) in [6.07, 6.45) is 4.63. The van der Waals surface area contributed by atoms with Gasteiger partial charge in [0.05, 0.1) is 12.7 Å². The molecule has 2 rings (SSSR count). The lowest BCUT2D eigenvalue weighted by Crippen LogP contribution is -2.09. The van der Waals surface area contributed by atoms with Crippen LogP contribution in [0.4, 0.5) is 0 Å². The number of nitrogens with zero attached hydrogens (tertiary/aromatic N) is 3. The number of halogens is 1. The first-order valence-corrected chi connectivity index (χ1v) is 4.68. The molecule has 0 fully saturated rings. The summed E-state index contributed by atoms with van der Waals surface area (Å²) in [5, 5.41) is 8.74. The van der Waals surface area contributed by atoms with Crippen molar-refractivity contribution in [2.24, 2.45) is 0 Å². The lowest BCUT2D eigenvalue weighted by atomic mass is 10.3. The van der Waals surface area contributed by atoms with Crippen LogP contribution in [0.1, 0.15) is 11.5 Å². The van der Waals surface area contributed by atoms with Gasteiger partial charge in [-0.3, -0.25) is 0 Å². The van der Waals surface area contributed by atoms with Crippen LogP contribution in [-0.2, 0) is 13.0 Å². The van der Waals surface area contributed by atoms with Crippen LogP contribution in [0.5, 0.6) is 0 Å². The molecule has 60 valence electrons. The molecule has 0 saturated heterocycles. The SMILES string of the molecule is N#Cc1cnc2n1CC(I)=CC2. The summed E-state index contributed by atoms with van der Waals surface area (Å²) in [7, 11) is 0. The number of hydrogen-bond acceptors (Lipinski definition) is 2. The van der Waals surface area contributed by atoms with Gasteiger partial charge in [-0.25, -0.2) is 4.98 Å². The average Bonchev–Trinajstić information content (AvgIpc) is 2.46. The van der Waals surface area contributed by atoms with Crippen molar-refractivity contribution in [1.82, 2.24) is 9.55 Å². The van der Waals surface area contributed by atoms with Crippen molar-refractivity contribution in [3.63, 3.8) is 0 Å². The van der Waals surface area contributed by atoms with Crippen LogP contribution in [0.3, 0.4) is 0 Å². The Morgan fingerprint density at radius 1 is 1.67 bits per heavy atom. The summed E-state index contributed by atoms with van der Waals surface area (Å²) in [5.74, 6) is 0.993. The molecule has 1 aromatic rings. The van der Waals surface area contributed by atoms with Crippen LogP contribution in [0.25, 0.3) is 0 Å². The molecule has 0 aliphatic carbocycles. The summed E-state index contributed by atoms with van der Waals surface area (Å²) in [5.41, 5.74) is 0.660. The fraction of sp³-hybridized carbons (Fsp3) is 0.250. The molecule has 4 heteroatoms. The monoisotopic (exact) mass is 271 g/mol. The van der Waals surface area contributed by atoms with E-state index in [9.17, 15) is 0 Å². The first kappa shape index (κ1) is 7.80. The number of imidazole rings is 1. The van der Waals surface area contributed by atoms with E-state index in [1.165, 1.54) is 3.58 Å². The van der Waals surface area contributed by atoms with Crippen molar-refractivity contribution >= 4 is 22.6 Å². The molecular formula is C8H6IN3. The molecule has 0 aromatic carbocycles. The number of allylic oxidation sites excluding steroid dienone is 2. The molecule has 2 heterocycles. The Morgan fingerprint density at radius 2 is 2.50 bits per heavy atom. The number of aromatic nitrogens is 2. The second kappa shape index (κ2) is 2.90. The van der Waals surface area contributed by atoms with Crippen LogP contribution in [0.2, 0.25) is 0 Å². The van der Waals surface area contributed by atoms with E-state index in [2.05, 4.69) is 39.7 Å². The Bertz CT molecular complexity index is 383. The van der Waals surface area contributed by atoms with E-state index in [0.717, 1.165) is 18.8 Å². The lowest BCUT2D eigenvalue weighted by molar-refractivity contribution is 0.724. The first-order chi connectivity index (χ1) is 5.81. The summed E-state index contributed by atoms with van der Waals surface area (Å²) >= 11 is 2.29. The van der Waals surface area contributed by atoms with Gasteiger partial charge in [0.2, 0.25) is 0 Å². The molecule has 0 N–H and O–H groups in total. The van der Waals surface area contributed by atoms with Gasteiger partial charge in [0.25, 0.3) is 0 Å². The van der Waals surface area contributed by atoms with E-state index in [1.54, 1.807) is 6.20 Å². The third kappa shape index (κ3) is 1.14. The van der Waals surface area contributed by atoms with E-state index >= 15 is 0 Å². The molecule has 3 nitrogen and oxygen atoms in total. The second-order valence-corrected chi connectivity index (χ2v) is 4.00. The third-order valence-electron chi connectivity index (χ3n) is 1.87. The minimum Gasteiger partial charge on any atom is -0.315 e. The molecule has 0 unspecified atom stereocenters. The maximum atomic E-state index is 8.74. The minimum atomic E-state index is 0.660. The van der Waals surface area contributed by atoms with Crippen molar-refractivity contribution in [2.75, 3.05) is 0 Å². The largest absolute Gasteiger partial charge is 0.315 e. The highest BCUT2D eigenvalue weighted by atomic mass is 127. The van der Waals surface area contributed by atoms with Crippen LogP contribution >= 0.6 is 22.6 Å². The van der Waals surface area contributed by atoms with E-state index in [-0.39, 0.29) is 0 Å². The average molecular weight is 271 g/mol. The molecule has 1 aliphatic heterocycles. The maximum absolute atomic E-state index is 8.74. The molecule has 12 heavy (non-hydrogen) atoms. The Balaban J connectivity index is 2.48. The quantitative estimate of drug-likeness (QED) is 0.673. The van der Waals surface area contributed by atoms with Gasteiger partial charge in [0.15, 0.2) is 0 Å². The zero-order chi connectivity index (χ0) is 8.55. The number of rotatable bonds is 0. The smallest absolute Gasteiger partial charge is 0.140 e. The van der Waals surface area contributed by atoms with E-state index in [1.807, 2.05) is 4.57 Å². The van der Waals surface area contributed by atoms with E-state index < -0.39 is 0 Å². The van der Waals surface area contributed by atoms with Crippen molar-refractivity contribution in [1.29, 1.82) is 5.26 Å². The summed E-state index contributed by atoms with van der Waals surface area (Å²) in [6, 6.07) is 2.13. The lowest BCUT2D eigenvalue weighted by Gasteiger charge is -2.11. The van der Waals surface area contributed by atoms with Gasteiger partial charge in [0, 0.05) is 10.0 Å². The van der Waals surface area contributed by atoms with Gasteiger partial charge in [-0.05, 0) is 22.6 Å². The van der Waals surface area contributed by atoms with Crippen molar-refractivity contribution in [3.8, 4) is 6.07 Å². The van der Waals surface area contributed by atoms with Gasteiger partial charge >= 0.3 is 0 Å². The summed E-state index contributed by atoms with van der Waals surface area (Å²) in [6.45, 7) is 0.804. The number of fused-ring (bicyclic) bond motifs is 1. The minimum absolute atomic E-state index is 0.660. The zero-order valence-corrected chi connectivity index (χ0v) is 8.45. The predicted molar refractivity (Wildman–Crippen MR) is 52.7 cm³/mol. The molecule has 0 bridgehead atoms. The van der Waals surface area contributed by atoms with Gasteiger partial charge in [0.1, 0.15) is 17.6 Å². The van der Waals surface area contributed by atoms with Gasteiger partial charge < -0.3 is 4.57 Å². The normalized spacial score (nSPS) is 14.8. The molecule has 0 atom stereocenters. The standard InChI is InChI=1S/C8H6IN3/c9-6-1-2-8-11-4-7(3-10)12(8)5-6/h1,4H,2,5H2. The van der Waals surface area contributed by atoms with Crippen LogP contribution in [-0.4, -0.2) is 9.55 Å². The topological polar surface area (TPSA) is 41.6 Å². The van der Waals surface area contributed by atoms with Crippen LogP contribution in [0, 0.1) is 11.3 Å². The Kier molecular flexibility index (Phi) is 1.89. The van der Waals surface area contributed by atoms with E-state index in [4.69, 9.17) is 5.26 Å². The summed E-state index contributed by atoms with van der Waals surface area (Å²) < 4.78 is 3.23. The highest BCUT2D eigenvalue weighted by molar-refractivity contribution is 14.1. The Hall–Kier alpha value is -0.830. The molecule has 1 aliphatic rings. The molecule has 0 spiro atoms. The fourth-order valence-electron chi connectivity index (χ4n) is 1.26. The van der Waals surface area contributed by atoms with Crippen molar-refractivity contribution in [3.05, 3.63) is 27.4 Å². The maximum Gasteiger partial charge on any atom is 0.140 e. The molecule has 0 saturated carbocycles. The third-order valence-corrected chi connectivity index (χ3v) is 2.65. The molecular weight excluding hydrogens is 265 g/mol. The fourth-order valence-corrected chi connectivity index (χ4v) is 1.82. The number of hydrogen-bond donors (Lipinski definition) is 0. The Morgan fingerprint density at radius 3 is 3.25 bits per heavy atom. The van der Waals surface area contributed by atoms with Gasteiger partial charge in [-0.2, -0.15) is 5.26 Å².